The second kappa shape index (κ2) is 9.63. The Morgan fingerprint density at radius 1 is 1.12 bits per heavy atom. The third kappa shape index (κ3) is 4.78. The molecule has 1 atom stereocenters. The molecule has 2 aromatic carbocycles. The number of nitrogens with zero attached hydrogens (tertiary/aromatic N) is 3. The number of pyridine rings is 1. The van der Waals surface area contributed by atoms with Gasteiger partial charge in [0.1, 0.15) is 11.6 Å². The van der Waals surface area contributed by atoms with Crippen LogP contribution in [0.5, 0.6) is 5.75 Å². The summed E-state index contributed by atoms with van der Waals surface area (Å²) < 4.78 is 21.4. The summed E-state index contributed by atoms with van der Waals surface area (Å²) in [5, 5.41) is 14.7. The number of carbonyl (C=O) groups is 1. The van der Waals surface area contributed by atoms with Crippen molar-refractivity contribution in [2.75, 3.05) is 6.61 Å². The highest BCUT2D eigenvalue weighted by Gasteiger charge is 2.21. The number of ether oxygens (including phenoxy) is 1. The zero-order valence-electron chi connectivity index (χ0n) is 18.8. The van der Waals surface area contributed by atoms with E-state index in [0.29, 0.717) is 17.9 Å². The smallest absolute Gasteiger partial charge is 0.305 e. The van der Waals surface area contributed by atoms with Crippen LogP contribution in [0.25, 0.3) is 10.9 Å². The van der Waals surface area contributed by atoms with E-state index < -0.39 is 17.8 Å². The van der Waals surface area contributed by atoms with Gasteiger partial charge in [0.2, 0.25) is 0 Å². The molecule has 5 rings (SSSR count). The highest BCUT2D eigenvalue weighted by atomic mass is 19.1. The van der Waals surface area contributed by atoms with E-state index in [9.17, 15) is 14.3 Å². The molecule has 0 aliphatic heterocycles. The topological polar surface area (TPSA) is 77.2 Å². The van der Waals surface area contributed by atoms with Gasteiger partial charge in [0.05, 0.1) is 30.8 Å². The predicted octanol–water partition coefficient (Wildman–Crippen LogP) is 5.13. The Morgan fingerprint density at radius 2 is 2.00 bits per heavy atom. The van der Waals surface area contributed by atoms with Crippen molar-refractivity contribution in [3.05, 3.63) is 89.1 Å². The molecule has 0 amide bonds. The van der Waals surface area contributed by atoms with E-state index >= 15 is 0 Å². The summed E-state index contributed by atoms with van der Waals surface area (Å²) in [7, 11) is 0. The second-order valence-electron chi connectivity index (χ2n) is 8.69. The third-order valence-corrected chi connectivity index (χ3v) is 6.33. The highest BCUT2D eigenvalue weighted by Crippen LogP contribution is 2.29. The zero-order chi connectivity index (χ0) is 23.5. The van der Waals surface area contributed by atoms with Crippen LogP contribution in [0.15, 0.2) is 60.8 Å². The number of aromatic nitrogens is 3. The standard InChI is InChI=1S/C27H26FN3O3/c28-21-6-3-5-19(14-21)26(16-27(32)33)31-25-11-10-23(15-20(25)17-29-31)34-13-12-22-9-8-18-4-1-2-7-24(18)30-22/h3,5-6,8-11,14-15,17,26H,1-2,4,7,12-13,16H2,(H,32,33). The molecular weight excluding hydrogens is 433 g/mol. The number of hydrogen-bond acceptors (Lipinski definition) is 4. The number of halogens is 1. The molecule has 0 spiro atoms. The lowest BCUT2D eigenvalue weighted by atomic mass is 9.96. The molecule has 1 aliphatic carbocycles. The fourth-order valence-corrected chi connectivity index (χ4v) is 4.63. The second-order valence-corrected chi connectivity index (χ2v) is 8.69. The fraction of sp³-hybridized carbons (Fsp3) is 0.296. The molecule has 0 saturated heterocycles. The monoisotopic (exact) mass is 459 g/mol. The van der Waals surface area contributed by atoms with Crippen molar-refractivity contribution in [2.45, 2.75) is 44.6 Å². The average Bonchev–Trinajstić information content (AvgIpc) is 3.25. The maximum atomic E-state index is 13.8. The summed E-state index contributed by atoms with van der Waals surface area (Å²) in [6.07, 6.45) is 6.84. The van der Waals surface area contributed by atoms with Crippen LogP contribution in [0.4, 0.5) is 4.39 Å². The van der Waals surface area contributed by atoms with E-state index in [1.807, 2.05) is 18.2 Å². The molecular formula is C27H26FN3O3. The van der Waals surface area contributed by atoms with E-state index in [2.05, 4.69) is 17.2 Å². The summed E-state index contributed by atoms with van der Waals surface area (Å²) >= 11 is 0. The van der Waals surface area contributed by atoms with Gasteiger partial charge < -0.3 is 9.84 Å². The SMILES string of the molecule is O=C(O)CC(c1cccc(F)c1)n1ncc2cc(OCCc3ccc4c(n3)CCCC4)ccc21. The molecule has 0 fully saturated rings. The molecule has 174 valence electrons. The van der Waals surface area contributed by atoms with E-state index in [1.54, 1.807) is 23.0 Å². The van der Waals surface area contributed by atoms with Crippen molar-refractivity contribution < 1.29 is 19.0 Å². The zero-order valence-corrected chi connectivity index (χ0v) is 18.8. The van der Waals surface area contributed by atoms with E-state index in [0.717, 1.165) is 35.9 Å². The maximum Gasteiger partial charge on any atom is 0.305 e. The minimum Gasteiger partial charge on any atom is -0.493 e. The van der Waals surface area contributed by atoms with Crippen LogP contribution < -0.4 is 4.74 Å². The third-order valence-electron chi connectivity index (χ3n) is 6.33. The van der Waals surface area contributed by atoms with Crippen molar-refractivity contribution in [3.8, 4) is 5.75 Å². The molecule has 1 aliphatic rings. The molecule has 4 aromatic rings. The first kappa shape index (κ1) is 22.1. The van der Waals surface area contributed by atoms with Crippen molar-refractivity contribution in [3.63, 3.8) is 0 Å². The van der Waals surface area contributed by atoms with Crippen LogP contribution in [-0.2, 0) is 24.1 Å². The Balaban J connectivity index is 1.31. The molecule has 1 N–H and O–H groups in total. The van der Waals surface area contributed by atoms with Gasteiger partial charge in [-0.25, -0.2) is 4.39 Å². The normalized spacial score (nSPS) is 14.0. The maximum absolute atomic E-state index is 13.8. The lowest BCUT2D eigenvalue weighted by molar-refractivity contribution is -0.137. The minimum atomic E-state index is -0.978. The van der Waals surface area contributed by atoms with Gasteiger partial charge in [0.25, 0.3) is 0 Å². The van der Waals surface area contributed by atoms with Gasteiger partial charge >= 0.3 is 5.97 Å². The van der Waals surface area contributed by atoms with Gasteiger partial charge in [-0.1, -0.05) is 18.2 Å². The van der Waals surface area contributed by atoms with Gasteiger partial charge in [0.15, 0.2) is 0 Å². The van der Waals surface area contributed by atoms with Crippen molar-refractivity contribution >= 4 is 16.9 Å². The van der Waals surface area contributed by atoms with Crippen LogP contribution in [0.3, 0.4) is 0 Å². The van der Waals surface area contributed by atoms with Crippen LogP contribution >= 0.6 is 0 Å². The number of hydrogen-bond donors (Lipinski definition) is 1. The van der Waals surface area contributed by atoms with Crippen LogP contribution in [0.2, 0.25) is 0 Å². The molecule has 0 bridgehead atoms. The van der Waals surface area contributed by atoms with E-state index in [-0.39, 0.29) is 6.42 Å². The summed E-state index contributed by atoms with van der Waals surface area (Å²) in [6.45, 7) is 0.510. The van der Waals surface area contributed by atoms with Crippen LogP contribution in [0, 0.1) is 5.82 Å². The van der Waals surface area contributed by atoms with Gasteiger partial charge in [-0.2, -0.15) is 5.10 Å². The highest BCUT2D eigenvalue weighted by molar-refractivity contribution is 5.81. The lowest BCUT2D eigenvalue weighted by Crippen LogP contribution is -2.16. The molecule has 1 unspecified atom stereocenters. The number of carboxylic acids is 1. The molecule has 2 heterocycles. The molecule has 2 aromatic heterocycles. The van der Waals surface area contributed by atoms with Crippen molar-refractivity contribution in [1.82, 2.24) is 14.8 Å². The fourth-order valence-electron chi connectivity index (χ4n) is 4.63. The minimum absolute atomic E-state index is 0.202. The summed E-state index contributed by atoms with van der Waals surface area (Å²) in [5.74, 6) is -0.673. The summed E-state index contributed by atoms with van der Waals surface area (Å²) in [4.78, 5) is 16.3. The number of carboxylic acid groups (broad SMARTS) is 1. The van der Waals surface area contributed by atoms with Gasteiger partial charge in [0, 0.05) is 23.2 Å². The largest absolute Gasteiger partial charge is 0.493 e. The lowest BCUT2D eigenvalue weighted by Gasteiger charge is -2.18. The van der Waals surface area contributed by atoms with E-state index in [1.165, 1.54) is 36.2 Å². The molecule has 34 heavy (non-hydrogen) atoms. The Hall–Kier alpha value is -3.74. The number of aryl methyl sites for hydroxylation is 2. The number of benzene rings is 2. The average molecular weight is 460 g/mol. The Morgan fingerprint density at radius 3 is 2.85 bits per heavy atom. The molecule has 0 radical (unpaired) electrons. The number of fused-ring (bicyclic) bond motifs is 2. The molecule has 6 nitrogen and oxygen atoms in total. The van der Waals surface area contributed by atoms with Gasteiger partial charge in [-0.3, -0.25) is 14.5 Å². The molecule has 7 heteroatoms. The Bertz CT molecular complexity index is 1330. The van der Waals surface area contributed by atoms with Gasteiger partial charge in [-0.15, -0.1) is 0 Å². The number of aliphatic carboxylic acids is 1. The first-order valence-electron chi connectivity index (χ1n) is 11.6. The number of rotatable bonds is 8. The molecule has 0 saturated carbocycles. The van der Waals surface area contributed by atoms with Crippen molar-refractivity contribution in [2.24, 2.45) is 0 Å². The summed E-state index contributed by atoms with van der Waals surface area (Å²) in [6, 6.07) is 15.3. The van der Waals surface area contributed by atoms with Crippen LogP contribution in [-0.4, -0.2) is 32.4 Å². The predicted molar refractivity (Wildman–Crippen MR) is 127 cm³/mol. The Kier molecular flexibility index (Phi) is 6.25. The van der Waals surface area contributed by atoms with Crippen molar-refractivity contribution in [1.29, 1.82) is 0 Å². The van der Waals surface area contributed by atoms with Gasteiger partial charge in [-0.05, 0) is 73.2 Å². The first-order chi connectivity index (χ1) is 16.6. The first-order valence-corrected chi connectivity index (χ1v) is 11.6. The van der Waals surface area contributed by atoms with E-state index in [4.69, 9.17) is 9.72 Å². The Labute approximate surface area is 197 Å². The summed E-state index contributed by atoms with van der Waals surface area (Å²) in [5.41, 5.74) is 4.97. The quantitative estimate of drug-likeness (QED) is 0.395. The van der Waals surface area contributed by atoms with Crippen LogP contribution in [0.1, 0.15) is 47.8 Å².